The van der Waals surface area contributed by atoms with Gasteiger partial charge in [-0.1, -0.05) is 18.2 Å². The zero-order valence-electron chi connectivity index (χ0n) is 11.2. The second kappa shape index (κ2) is 5.89. The van der Waals surface area contributed by atoms with E-state index in [1.165, 1.54) is 4.88 Å². The molecule has 1 unspecified atom stereocenters. The van der Waals surface area contributed by atoms with Crippen molar-refractivity contribution in [1.29, 1.82) is 0 Å². The fourth-order valence-corrected chi connectivity index (χ4v) is 2.70. The minimum atomic E-state index is 0.112. The van der Waals surface area contributed by atoms with Gasteiger partial charge in [0.15, 0.2) is 0 Å². The van der Waals surface area contributed by atoms with Crippen LogP contribution in [0.4, 0.5) is 5.69 Å². The summed E-state index contributed by atoms with van der Waals surface area (Å²) in [6.07, 6.45) is 0.409. The first-order valence-electron chi connectivity index (χ1n) is 6.21. The number of nitrogens with zero attached hydrogens (tertiary/aromatic N) is 1. The maximum atomic E-state index is 12.2. The first-order valence-corrected chi connectivity index (χ1v) is 7.09. The third kappa shape index (κ3) is 3.35. The van der Waals surface area contributed by atoms with Crippen LogP contribution < -0.4 is 5.73 Å². The summed E-state index contributed by atoms with van der Waals surface area (Å²) in [6, 6.07) is 11.6. The van der Waals surface area contributed by atoms with Crippen molar-refractivity contribution in [3.8, 4) is 0 Å². The summed E-state index contributed by atoms with van der Waals surface area (Å²) in [7, 11) is 1.85. The van der Waals surface area contributed by atoms with Crippen molar-refractivity contribution >= 4 is 22.9 Å². The third-order valence-corrected chi connectivity index (χ3v) is 4.31. The summed E-state index contributed by atoms with van der Waals surface area (Å²) in [5.74, 6) is 0.116. The van der Waals surface area contributed by atoms with E-state index in [1.54, 1.807) is 16.2 Å². The Morgan fingerprint density at radius 3 is 2.58 bits per heavy atom. The molecule has 1 atom stereocenters. The number of amides is 1. The highest BCUT2D eigenvalue weighted by atomic mass is 32.1. The quantitative estimate of drug-likeness (QED) is 0.871. The van der Waals surface area contributed by atoms with E-state index in [-0.39, 0.29) is 11.9 Å². The monoisotopic (exact) mass is 274 g/mol. The van der Waals surface area contributed by atoms with Gasteiger partial charge in [-0.2, -0.15) is 0 Å². The summed E-state index contributed by atoms with van der Waals surface area (Å²) in [5.41, 5.74) is 7.34. The number of rotatable bonds is 4. The molecule has 2 aromatic rings. The topological polar surface area (TPSA) is 46.3 Å². The molecule has 0 radical (unpaired) electrons. The van der Waals surface area contributed by atoms with E-state index in [1.807, 2.05) is 49.7 Å². The number of likely N-dealkylation sites (N-methyl/N-ethyl adjacent to an activating group) is 1. The highest BCUT2D eigenvalue weighted by Crippen LogP contribution is 2.23. The normalized spacial score (nSPS) is 12.1. The molecule has 19 heavy (non-hydrogen) atoms. The molecule has 3 nitrogen and oxygen atoms in total. The maximum absolute atomic E-state index is 12.2. The van der Waals surface area contributed by atoms with Crippen LogP contribution >= 0.6 is 11.3 Å². The number of benzene rings is 1. The molecule has 1 amide bonds. The fourth-order valence-electron chi connectivity index (χ4n) is 1.87. The SMILES string of the molecule is CC(c1cccs1)N(C)C(=O)Cc1ccc(N)cc1. The van der Waals surface area contributed by atoms with E-state index in [4.69, 9.17) is 5.73 Å². The predicted molar refractivity (Wildman–Crippen MR) is 80.1 cm³/mol. The molecule has 1 aromatic carbocycles. The van der Waals surface area contributed by atoms with Gasteiger partial charge in [-0.05, 0) is 36.1 Å². The van der Waals surface area contributed by atoms with E-state index < -0.39 is 0 Å². The smallest absolute Gasteiger partial charge is 0.227 e. The third-order valence-electron chi connectivity index (χ3n) is 3.26. The maximum Gasteiger partial charge on any atom is 0.227 e. The number of hydrogen-bond acceptors (Lipinski definition) is 3. The summed E-state index contributed by atoms with van der Waals surface area (Å²) in [5, 5.41) is 2.03. The highest BCUT2D eigenvalue weighted by Gasteiger charge is 2.18. The molecule has 0 spiro atoms. The van der Waals surface area contributed by atoms with Gasteiger partial charge in [0.05, 0.1) is 12.5 Å². The predicted octanol–water partition coefficient (Wildman–Crippen LogP) is 3.09. The molecular formula is C15H18N2OS. The lowest BCUT2D eigenvalue weighted by Gasteiger charge is -2.24. The number of carbonyl (C=O) groups is 1. The molecule has 0 aliphatic rings. The van der Waals surface area contributed by atoms with Crippen molar-refractivity contribution in [3.63, 3.8) is 0 Å². The minimum Gasteiger partial charge on any atom is -0.399 e. The average molecular weight is 274 g/mol. The Hall–Kier alpha value is -1.81. The number of carbonyl (C=O) groups excluding carboxylic acids is 1. The number of nitrogens with two attached hydrogens (primary N) is 1. The van der Waals surface area contributed by atoms with Crippen LogP contribution in [0.1, 0.15) is 23.4 Å². The van der Waals surface area contributed by atoms with Gasteiger partial charge in [-0.25, -0.2) is 0 Å². The molecule has 4 heteroatoms. The standard InChI is InChI=1S/C15H18N2OS/c1-11(14-4-3-9-19-14)17(2)15(18)10-12-5-7-13(16)8-6-12/h3-9,11H,10,16H2,1-2H3. The first kappa shape index (κ1) is 13.6. The van der Waals surface area contributed by atoms with Crippen LogP contribution in [0.25, 0.3) is 0 Å². The van der Waals surface area contributed by atoms with Crippen LogP contribution in [-0.4, -0.2) is 17.9 Å². The Kier molecular flexibility index (Phi) is 4.22. The van der Waals surface area contributed by atoms with Gasteiger partial charge in [0.2, 0.25) is 5.91 Å². The minimum absolute atomic E-state index is 0.112. The molecular weight excluding hydrogens is 256 g/mol. The fraction of sp³-hybridized carbons (Fsp3) is 0.267. The highest BCUT2D eigenvalue weighted by molar-refractivity contribution is 7.10. The molecule has 0 saturated carbocycles. The van der Waals surface area contributed by atoms with E-state index in [0.717, 1.165) is 11.3 Å². The summed E-state index contributed by atoms with van der Waals surface area (Å²) >= 11 is 1.67. The van der Waals surface area contributed by atoms with Gasteiger partial charge in [0.25, 0.3) is 0 Å². The van der Waals surface area contributed by atoms with Crippen molar-refractivity contribution in [1.82, 2.24) is 4.90 Å². The van der Waals surface area contributed by atoms with Gasteiger partial charge in [-0.3, -0.25) is 4.79 Å². The molecule has 100 valence electrons. The van der Waals surface area contributed by atoms with Gasteiger partial charge < -0.3 is 10.6 Å². The second-order valence-corrected chi connectivity index (χ2v) is 5.59. The lowest BCUT2D eigenvalue weighted by molar-refractivity contribution is -0.131. The van der Waals surface area contributed by atoms with Gasteiger partial charge in [0, 0.05) is 17.6 Å². The van der Waals surface area contributed by atoms with Gasteiger partial charge in [-0.15, -0.1) is 11.3 Å². The summed E-state index contributed by atoms with van der Waals surface area (Å²) in [6.45, 7) is 2.05. The average Bonchev–Trinajstić information content (AvgIpc) is 2.93. The van der Waals surface area contributed by atoms with Crippen LogP contribution in [0, 0.1) is 0 Å². The van der Waals surface area contributed by atoms with E-state index in [2.05, 4.69) is 6.07 Å². The Balaban J connectivity index is 2.01. The lowest BCUT2D eigenvalue weighted by Crippen LogP contribution is -2.30. The van der Waals surface area contributed by atoms with Crippen molar-refractivity contribution in [2.45, 2.75) is 19.4 Å². The Bertz CT molecular complexity index is 534. The number of nitrogen functional groups attached to an aromatic ring is 1. The Labute approximate surface area is 117 Å². The zero-order chi connectivity index (χ0) is 13.8. The molecule has 0 aliphatic carbocycles. The Morgan fingerprint density at radius 2 is 2.00 bits per heavy atom. The van der Waals surface area contributed by atoms with E-state index >= 15 is 0 Å². The largest absolute Gasteiger partial charge is 0.399 e. The van der Waals surface area contributed by atoms with Gasteiger partial charge in [0.1, 0.15) is 0 Å². The molecule has 1 heterocycles. The second-order valence-electron chi connectivity index (χ2n) is 4.61. The molecule has 1 aromatic heterocycles. The summed E-state index contributed by atoms with van der Waals surface area (Å²) < 4.78 is 0. The number of anilines is 1. The van der Waals surface area contributed by atoms with E-state index in [0.29, 0.717) is 6.42 Å². The molecule has 0 bridgehead atoms. The van der Waals surface area contributed by atoms with Crippen LogP contribution in [-0.2, 0) is 11.2 Å². The summed E-state index contributed by atoms with van der Waals surface area (Å²) in [4.78, 5) is 15.2. The zero-order valence-corrected chi connectivity index (χ0v) is 12.0. The lowest BCUT2D eigenvalue weighted by atomic mass is 10.1. The number of hydrogen-bond donors (Lipinski definition) is 1. The molecule has 2 N–H and O–H groups in total. The van der Waals surface area contributed by atoms with Crippen molar-refractivity contribution in [2.24, 2.45) is 0 Å². The van der Waals surface area contributed by atoms with Crippen molar-refractivity contribution in [2.75, 3.05) is 12.8 Å². The van der Waals surface area contributed by atoms with Crippen LogP contribution in [0.15, 0.2) is 41.8 Å². The van der Waals surface area contributed by atoms with Crippen LogP contribution in [0.2, 0.25) is 0 Å². The molecule has 0 fully saturated rings. The molecule has 0 saturated heterocycles. The van der Waals surface area contributed by atoms with Gasteiger partial charge >= 0.3 is 0 Å². The van der Waals surface area contributed by atoms with Crippen molar-refractivity contribution < 1.29 is 4.79 Å². The van der Waals surface area contributed by atoms with E-state index in [9.17, 15) is 4.79 Å². The molecule has 0 aliphatic heterocycles. The molecule has 2 rings (SSSR count). The van der Waals surface area contributed by atoms with Crippen LogP contribution in [0.3, 0.4) is 0 Å². The Morgan fingerprint density at radius 1 is 1.32 bits per heavy atom. The van der Waals surface area contributed by atoms with Crippen molar-refractivity contribution in [3.05, 3.63) is 52.2 Å². The number of thiophene rings is 1. The first-order chi connectivity index (χ1) is 9.08. The van der Waals surface area contributed by atoms with Crippen LogP contribution in [0.5, 0.6) is 0 Å².